The summed E-state index contributed by atoms with van der Waals surface area (Å²) in [7, 11) is 0. The summed E-state index contributed by atoms with van der Waals surface area (Å²) in [6.45, 7) is 0. The number of alkyl halides is 3. The summed E-state index contributed by atoms with van der Waals surface area (Å²) in [6.07, 6.45) is 0. The van der Waals surface area contributed by atoms with Gasteiger partial charge in [0.2, 0.25) is 0 Å². The molecule has 0 aliphatic rings. The topological polar surface area (TPSA) is 83.4 Å². The van der Waals surface area contributed by atoms with E-state index >= 15 is 0 Å². The maximum Gasteiger partial charge on any atom is 0.446 e. The third-order valence-corrected chi connectivity index (χ3v) is 3.40. The van der Waals surface area contributed by atoms with Crippen molar-refractivity contribution in [1.29, 1.82) is 15.8 Å². The number of allylic oxidation sites excluding steroid dienone is 2. The van der Waals surface area contributed by atoms with E-state index in [1.165, 1.54) is 18.2 Å². The third kappa shape index (κ3) is 5.03. The predicted octanol–water partition coefficient (Wildman–Crippen LogP) is 4.30. The van der Waals surface area contributed by atoms with E-state index in [2.05, 4.69) is 21.2 Å². The number of nitriles is 3. The number of benzene rings is 1. The van der Waals surface area contributed by atoms with E-state index in [-0.39, 0.29) is 32.5 Å². The van der Waals surface area contributed by atoms with Crippen LogP contribution in [0.3, 0.4) is 0 Å². The monoisotopic (exact) mass is 372 g/mol. The molecule has 0 amide bonds. The van der Waals surface area contributed by atoms with E-state index in [0.29, 0.717) is 0 Å². The van der Waals surface area contributed by atoms with E-state index in [1.807, 2.05) is 0 Å². The van der Waals surface area contributed by atoms with E-state index in [1.54, 1.807) is 18.2 Å². The molecule has 1 rings (SSSR count). The van der Waals surface area contributed by atoms with Gasteiger partial charge < -0.3 is 5.32 Å². The van der Waals surface area contributed by atoms with Gasteiger partial charge in [0.15, 0.2) is 5.57 Å². The van der Waals surface area contributed by atoms with Gasteiger partial charge in [-0.15, -0.1) is 0 Å². The summed E-state index contributed by atoms with van der Waals surface area (Å²) in [5.41, 5.74) is -4.84. The quantitative estimate of drug-likeness (QED) is 0.631. The molecular weight excluding hydrogens is 369 g/mol. The average Bonchev–Trinajstić information content (AvgIpc) is 2.39. The summed E-state index contributed by atoms with van der Waals surface area (Å²) in [4.78, 5) is -0.0387. The van der Waals surface area contributed by atoms with Crippen LogP contribution in [0.2, 0.25) is 0 Å². The van der Waals surface area contributed by atoms with Gasteiger partial charge in [0.05, 0.1) is 5.69 Å². The van der Waals surface area contributed by atoms with Crippen molar-refractivity contribution in [1.82, 2.24) is 0 Å². The fourth-order valence-corrected chi connectivity index (χ4v) is 2.42. The van der Waals surface area contributed by atoms with Crippen LogP contribution < -0.4 is 5.32 Å². The maximum absolute atomic E-state index is 12.2. The van der Waals surface area contributed by atoms with Gasteiger partial charge in [-0.2, -0.15) is 29.0 Å². The molecule has 0 atom stereocenters. The Labute approximate surface area is 130 Å². The van der Waals surface area contributed by atoms with Crippen molar-refractivity contribution >= 4 is 33.4 Å². The van der Waals surface area contributed by atoms with E-state index in [4.69, 9.17) is 15.8 Å². The molecule has 4 nitrogen and oxygen atoms in total. The second kappa shape index (κ2) is 7.03. The van der Waals surface area contributed by atoms with Gasteiger partial charge in [-0.05, 0) is 45.9 Å². The van der Waals surface area contributed by atoms with Gasteiger partial charge in [0, 0.05) is 9.37 Å². The Bertz CT molecular complexity index is 691. The summed E-state index contributed by atoms with van der Waals surface area (Å²) >= 11 is 2.79. The van der Waals surface area contributed by atoms with Crippen LogP contribution in [0.15, 0.2) is 38.8 Å². The SMILES string of the molecule is N#CC(C#N)=C(C#N)Nc1ccc(SC(F)(F)F)cc1Br. The lowest BCUT2D eigenvalue weighted by Crippen LogP contribution is -2.02. The molecule has 9 heteroatoms. The molecule has 0 heterocycles. The molecule has 1 N–H and O–H groups in total. The van der Waals surface area contributed by atoms with Gasteiger partial charge >= 0.3 is 5.51 Å². The zero-order chi connectivity index (χ0) is 16.0. The van der Waals surface area contributed by atoms with Crippen LogP contribution in [0.1, 0.15) is 0 Å². The van der Waals surface area contributed by atoms with Gasteiger partial charge in [0.1, 0.15) is 23.9 Å². The summed E-state index contributed by atoms with van der Waals surface area (Å²) in [5.74, 6) is 0. The van der Waals surface area contributed by atoms with Crippen molar-refractivity contribution in [3.8, 4) is 18.2 Å². The Morgan fingerprint density at radius 3 is 2.19 bits per heavy atom. The highest BCUT2D eigenvalue weighted by molar-refractivity contribution is 9.10. The highest BCUT2D eigenvalue weighted by atomic mass is 79.9. The Kier molecular flexibility index (Phi) is 5.66. The van der Waals surface area contributed by atoms with Crippen LogP contribution in [-0.2, 0) is 0 Å². The molecule has 0 saturated carbocycles. The lowest BCUT2D eigenvalue weighted by molar-refractivity contribution is -0.0328. The standard InChI is InChI=1S/C12H4BrF3N4S/c13-9-3-8(21-12(14,15)16)1-2-10(9)20-11(6-19)7(4-17)5-18/h1-3,20H. The molecule has 1 aromatic rings. The van der Waals surface area contributed by atoms with Crippen LogP contribution in [0.25, 0.3) is 0 Å². The summed E-state index contributed by atoms with van der Waals surface area (Å²) < 4.78 is 37.0. The minimum absolute atomic E-state index is 0.0387. The molecular formula is C12H4BrF3N4S. The zero-order valence-corrected chi connectivity index (χ0v) is 12.4. The van der Waals surface area contributed by atoms with Crippen molar-refractivity contribution in [3.05, 3.63) is 33.9 Å². The number of rotatable bonds is 3. The van der Waals surface area contributed by atoms with Crippen molar-refractivity contribution in [2.45, 2.75) is 10.4 Å². The molecule has 0 radical (unpaired) electrons. The number of nitrogens with one attached hydrogen (secondary N) is 1. The third-order valence-electron chi connectivity index (χ3n) is 2.02. The Balaban J connectivity index is 3.08. The van der Waals surface area contributed by atoms with Crippen LogP contribution in [0.4, 0.5) is 18.9 Å². The molecule has 1 aromatic carbocycles. The molecule has 21 heavy (non-hydrogen) atoms. The number of nitrogens with zero attached hydrogens (tertiary/aromatic N) is 3. The van der Waals surface area contributed by atoms with Gasteiger partial charge in [0.25, 0.3) is 0 Å². The molecule has 0 spiro atoms. The van der Waals surface area contributed by atoms with Crippen molar-refractivity contribution in [2.75, 3.05) is 5.32 Å². The smallest absolute Gasteiger partial charge is 0.344 e. The first-order valence-corrected chi connectivity index (χ1v) is 6.68. The van der Waals surface area contributed by atoms with E-state index in [9.17, 15) is 13.2 Å². The highest BCUT2D eigenvalue weighted by Gasteiger charge is 2.29. The lowest BCUT2D eigenvalue weighted by Gasteiger charge is -2.10. The Hall–Kier alpha value is -2.15. The summed E-state index contributed by atoms with van der Waals surface area (Å²) in [5, 5.41) is 28.8. The Morgan fingerprint density at radius 1 is 1.14 bits per heavy atom. The fraction of sp³-hybridized carbons (Fsp3) is 0.0833. The predicted molar refractivity (Wildman–Crippen MR) is 73.5 cm³/mol. The minimum atomic E-state index is -4.40. The van der Waals surface area contributed by atoms with Crippen molar-refractivity contribution in [2.24, 2.45) is 0 Å². The summed E-state index contributed by atoms with van der Waals surface area (Å²) in [6, 6.07) is 8.48. The number of hydrogen-bond donors (Lipinski definition) is 1. The van der Waals surface area contributed by atoms with Crippen LogP contribution in [0.5, 0.6) is 0 Å². The van der Waals surface area contributed by atoms with Crippen molar-refractivity contribution in [3.63, 3.8) is 0 Å². The van der Waals surface area contributed by atoms with E-state index in [0.717, 1.165) is 0 Å². The molecule has 0 aliphatic carbocycles. The maximum atomic E-state index is 12.2. The normalized spacial score (nSPS) is 9.95. The molecule has 0 saturated heterocycles. The fourth-order valence-electron chi connectivity index (χ4n) is 1.21. The number of anilines is 1. The molecule has 0 fully saturated rings. The number of thioether (sulfide) groups is 1. The first-order chi connectivity index (χ1) is 9.80. The molecule has 0 aromatic heterocycles. The first kappa shape index (κ1) is 16.9. The van der Waals surface area contributed by atoms with Gasteiger partial charge in [-0.25, -0.2) is 0 Å². The van der Waals surface area contributed by atoms with E-state index < -0.39 is 11.1 Å². The average molecular weight is 373 g/mol. The minimum Gasteiger partial charge on any atom is -0.344 e. The largest absolute Gasteiger partial charge is 0.446 e. The Morgan fingerprint density at radius 2 is 1.76 bits per heavy atom. The van der Waals surface area contributed by atoms with Crippen LogP contribution >= 0.6 is 27.7 Å². The molecule has 0 aliphatic heterocycles. The molecule has 0 bridgehead atoms. The second-order valence-electron chi connectivity index (χ2n) is 3.40. The highest BCUT2D eigenvalue weighted by Crippen LogP contribution is 2.39. The van der Waals surface area contributed by atoms with Gasteiger partial charge in [-0.3, -0.25) is 0 Å². The molecule has 106 valence electrons. The van der Waals surface area contributed by atoms with Crippen LogP contribution in [-0.4, -0.2) is 5.51 Å². The second-order valence-corrected chi connectivity index (χ2v) is 5.39. The number of halogens is 4. The van der Waals surface area contributed by atoms with Crippen molar-refractivity contribution < 1.29 is 13.2 Å². The van der Waals surface area contributed by atoms with Crippen LogP contribution in [0, 0.1) is 34.0 Å². The van der Waals surface area contributed by atoms with Gasteiger partial charge in [-0.1, -0.05) is 0 Å². The number of hydrogen-bond acceptors (Lipinski definition) is 5. The first-order valence-electron chi connectivity index (χ1n) is 5.07. The lowest BCUT2D eigenvalue weighted by atomic mass is 10.2. The molecule has 0 unspecified atom stereocenters. The zero-order valence-electron chi connectivity index (χ0n) is 9.99.